The van der Waals surface area contributed by atoms with Crippen LogP contribution in [0.5, 0.6) is 0 Å². The van der Waals surface area contributed by atoms with E-state index in [0.717, 1.165) is 11.3 Å². The van der Waals surface area contributed by atoms with Gasteiger partial charge in [-0.05, 0) is 54.8 Å². The van der Waals surface area contributed by atoms with Gasteiger partial charge in [0.25, 0.3) is 5.69 Å². The van der Waals surface area contributed by atoms with Gasteiger partial charge in [0.05, 0.1) is 16.7 Å². The quantitative estimate of drug-likeness (QED) is 0.521. The Morgan fingerprint density at radius 1 is 1.18 bits per heavy atom. The molecule has 5 heteroatoms. The van der Waals surface area contributed by atoms with Crippen LogP contribution in [-0.2, 0) is 0 Å². The van der Waals surface area contributed by atoms with Crippen molar-refractivity contribution in [2.45, 2.75) is 13.8 Å². The van der Waals surface area contributed by atoms with E-state index in [9.17, 15) is 10.1 Å². The first-order chi connectivity index (χ1) is 10.5. The van der Waals surface area contributed by atoms with Crippen molar-refractivity contribution in [3.8, 4) is 6.07 Å². The third-order valence-electron chi connectivity index (χ3n) is 3.38. The summed E-state index contributed by atoms with van der Waals surface area (Å²) in [5, 5.41) is 22.8. The first-order valence-corrected chi connectivity index (χ1v) is 6.70. The zero-order valence-electron chi connectivity index (χ0n) is 12.3. The lowest BCUT2D eigenvalue weighted by atomic mass is 10.1. The highest BCUT2D eigenvalue weighted by atomic mass is 16.6. The van der Waals surface area contributed by atoms with Crippen LogP contribution in [0.3, 0.4) is 0 Å². The molecule has 0 heterocycles. The van der Waals surface area contributed by atoms with Crippen molar-refractivity contribution < 1.29 is 4.92 Å². The molecule has 1 N–H and O–H groups in total. The van der Waals surface area contributed by atoms with E-state index in [1.54, 1.807) is 12.1 Å². The van der Waals surface area contributed by atoms with E-state index >= 15 is 0 Å². The molecule has 0 aliphatic carbocycles. The van der Waals surface area contributed by atoms with Crippen molar-refractivity contribution in [2.75, 3.05) is 5.32 Å². The molecule has 0 spiro atoms. The number of rotatable bonds is 4. The summed E-state index contributed by atoms with van der Waals surface area (Å²) in [5.74, 6) is 0. The fraction of sp³-hybridized carbons (Fsp3) is 0.118. The average Bonchev–Trinajstić information content (AvgIpc) is 2.50. The molecule has 2 rings (SSSR count). The smallest absolute Gasteiger partial charge is 0.269 e. The molecular weight excluding hydrogens is 278 g/mol. The van der Waals surface area contributed by atoms with E-state index in [-0.39, 0.29) is 5.69 Å². The van der Waals surface area contributed by atoms with E-state index in [1.807, 2.05) is 38.1 Å². The van der Waals surface area contributed by atoms with Gasteiger partial charge in [-0.2, -0.15) is 5.26 Å². The number of allylic oxidation sites excluding steroid dienone is 1. The highest BCUT2D eigenvalue weighted by Gasteiger charge is 2.07. The second kappa shape index (κ2) is 6.55. The fourth-order valence-corrected chi connectivity index (χ4v) is 1.99. The van der Waals surface area contributed by atoms with Gasteiger partial charge in [-0.3, -0.25) is 10.1 Å². The lowest BCUT2D eigenvalue weighted by molar-refractivity contribution is -0.384. The van der Waals surface area contributed by atoms with Crippen LogP contribution in [-0.4, -0.2) is 4.92 Å². The number of nitro benzene ring substituents is 1. The molecule has 0 aliphatic heterocycles. The van der Waals surface area contributed by atoms with E-state index < -0.39 is 4.92 Å². The van der Waals surface area contributed by atoms with Crippen LogP contribution in [0, 0.1) is 35.3 Å². The number of nitrogens with zero attached hydrogens (tertiary/aromatic N) is 2. The Hall–Kier alpha value is -3.13. The number of hydrogen-bond donors (Lipinski definition) is 1. The highest BCUT2D eigenvalue weighted by Crippen LogP contribution is 2.22. The molecule has 0 saturated heterocycles. The van der Waals surface area contributed by atoms with Gasteiger partial charge in [-0.25, -0.2) is 0 Å². The number of benzene rings is 2. The zero-order valence-corrected chi connectivity index (χ0v) is 12.3. The maximum Gasteiger partial charge on any atom is 0.269 e. The highest BCUT2D eigenvalue weighted by molar-refractivity contribution is 5.78. The number of anilines is 1. The number of hydrogen-bond acceptors (Lipinski definition) is 4. The SMILES string of the molecule is Cc1ccc(N/C(=C\C#N)c2ccc([N+](=O)[O-])cc2)cc1C. The first kappa shape index (κ1) is 15.3. The van der Waals surface area contributed by atoms with Crippen molar-refractivity contribution >= 4 is 17.1 Å². The molecule has 5 nitrogen and oxygen atoms in total. The van der Waals surface area contributed by atoms with Crippen molar-refractivity contribution in [3.63, 3.8) is 0 Å². The Kier molecular flexibility index (Phi) is 4.54. The summed E-state index contributed by atoms with van der Waals surface area (Å²) in [6.07, 6.45) is 1.39. The summed E-state index contributed by atoms with van der Waals surface area (Å²) in [6, 6.07) is 14.0. The molecule has 0 aromatic heterocycles. The fourth-order valence-electron chi connectivity index (χ4n) is 1.99. The number of non-ortho nitro benzene ring substituents is 1. The van der Waals surface area contributed by atoms with Crippen LogP contribution in [0.25, 0.3) is 5.70 Å². The van der Waals surface area contributed by atoms with Crippen LogP contribution in [0.15, 0.2) is 48.5 Å². The van der Waals surface area contributed by atoms with Gasteiger partial charge >= 0.3 is 0 Å². The van der Waals surface area contributed by atoms with Gasteiger partial charge in [-0.1, -0.05) is 6.07 Å². The molecule has 0 aliphatic rings. The molecule has 0 unspecified atom stereocenters. The average molecular weight is 293 g/mol. The maximum absolute atomic E-state index is 10.7. The Morgan fingerprint density at radius 3 is 2.41 bits per heavy atom. The summed E-state index contributed by atoms with van der Waals surface area (Å²) >= 11 is 0. The Labute approximate surface area is 128 Å². The van der Waals surface area contributed by atoms with E-state index in [2.05, 4.69) is 5.32 Å². The zero-order chi connectivity index (χ0) is 16.1. The predicted octanol–water partition coefficient (Wildman–Crippen LogP) is 4.19. The van der Waals surface area contributed by atoms with E-state index in [1.165, 1.54) is 23.8 Å². The summed E-state index contributed by atoms with van der Waals surface area (Å²) in [6.45, 7) is 4.04. The normalized spacial score (nSPS) is 10.9. The van der Waals surface area contributed by atoms with Gasteiger partial charge in [0.15, 0.2) is 0 Å². The van der Waals surface area contributed by atoms with Crippen molar-refractivity contribution in [3.05, 3.63) is 75.3 Å². The van der Waals surface area contributed by atoms with Gasteiger partial charge in [0.1, 0.15) is 0 Å². The van der Waals surface area contributed by atoms with Crippen LogP contribution >= 0.6 is 0 Å². The van der Waals surface area contributed by atoms with Crippen molar-refractivity contribution in [1.82, 2.24) is 0 Å². The summed E-state index contributed by atoms with van der Waals surface area (Å²) in [4.78, 5) is 10.2. The molecule has 0 saturated carbocycles. The number of aryl methyl sites for hydroxylation is 2. The number of nitrogens with one attached hydrogen (secondary N) is 1. The monoisotopic (exact) mass is 293 g/mol. The maximum atomic E-state index is 10.7. The van der Waals surface area contributed by atoms with Gasteiger partial charge in [0.2, 0.25) is 0 Å². The van der Waals surface area contributed by atoms with Crippen molar-refractivity contribution in [2.24, 2.45) is 0 Å². The van der Waals surface area contributed by atoms with E-state index in [0.29, 0.717) is 11.3 Å². The predicted molar refractivity (Wildman–Crippen MR) is 86.2 cm³/mol. The molecule has 2 aromatic rings. The third-order valence-corrected chi connectivity index (χ3v) is 3.38. The number of nitro groups is 1. The molecule has 0 atom stereocenters. The third kappa shape index (κ3) is 3.49. The minimum atomic E-state index is -0.450. The summed E-state index contributed by atoms with van der Waals surface area (Å²) < 4.78 is 0. The second-order valence-corrected chi connectivity index (χ2v) is 4.92. The minimum absolute atomic E-state index is 0.0197. The molecule has 110 valence electrons. The Balaban J connectivity index is 2.31. The lowest BCUT2D eigenvalue weighted by Gasteiger charge is -2.12. The van der Waals surface area contributed by atoms with Crippen LogP contribution in [0.2, 0.25) is 0 Å². The first-order valence-electron chi connectivity index (χ1n) is 6.70. The van der Waals surface area contributed by atoms with Gasteiger partial charge < -0.3 is 5.32 Å². The van der Waals surface area contributed by atoms with Crippen LogP contribution in [0.4, 0.5) is 11.4 Å². The standard InChI is InChI=1S/C17H15N3O2/c1-12-3-6-15(11-13(12)2)19-17(9-10-18)14-4-7-16(8-5-14)20(21)22/h3-9,11,19H,1-2H3/b17-9-. The molecule has 0 fully saturated rings. The van der Waals surface area contributed by atoms with Gasteiger partial charge in [0, 0.05) is 23.9 Å². The molecule has 0 radical (unpaired) electrons. The summed E-state index contributed by atoms with van der Waals surface area (Å²) in [5.41, 5.74) is 4.52. The van der Waals surface area contributed by atoms with Crippen LogP contribution in [0.1, 0.15) is 16.7 Å². The van der Waals surface area contributed by atoms with E-state index in [4.69, 9.17) is 5.26 Å². The second-order valence-electron chi connectivity index (χ2n) is 4.92. The minimum Gasteiger partial charge on any atom is -0.354 e. The Bertz CT molecular complexity index is 771. The molecule has 0 bridgehead atoms. The topological polar surface area (TPSA) is 79.0 Å². The van der Waals surface area contributed by atoms with Crippen molar-refractivity contribution in [1.29, 1.82) is 5.26 Å². The molecule has 2 aromatic carbocycles. The Morgan fingerprint density at radius 2 is 1.86 bits per heavy atom. The molecule has 0 amide bonds. The number of nitriles is 1. The van der Waals surface area contributed by atoms with Crippen LogP contribution < -0.4 is 5.32 Å². The largest absolute Gasteiger partial charge is 0.354 e. The lowest BCUT2D eigenvalue weighted by Crippen LogP contribution is -2.00. The molecule has 22 heavy (non-hydrogen) atoms. The van der Waals surface area contributed by atoms with Gasteiger partial charge in [-0.15, -0.1) is 0 Å². The molecular formula is C17H15N3O2. The summed E-state index contributed by atoms with van der Waals surface area (Å²) in [7, 11) is 0.